The molecule has 1 aromatic heterocycles. The van der Waals surface area contributed by atoms with Crippen LogP contribution in [0, 0.1) is 6.92 Å². The van der Waals surface area contributed by atoms with Crippen molar-refractivity contribution in [3.05, 3.63) is 53.3 Å². The molecule has 0 amide bonds. The Morgan fingerprint density at radius 1 is 1.18 bits per heavy atom. The Hall–Kier alpha value is -2.60. The summed E-state index contributed by atoms with van der Waals surface area (Å²) in [5.74, 6) is -0.00834. The lowest BCUT2D eigenvalue weighted by Gasteiger charge is -2.24. The average Bonchev–Trinajstić information content (AvgIpc) is 3.23. The second kappa shape index (κ2) is 8.19. The SMILES string of the molecule is Cc1ccc(-n2cc(CN3CCCC3/C=N/N=C(N)N)c(C(C)(C)C)c2)cc1. The van der Waals surface area contributed by atoms with Crippen molar-refractivity contribution in [3.8, 4) is 5.69 Å². The molecule has 0 bridgehead atoms. The number of nitrogens with zero attached hydrogens (tertiary/aromatic N) is 4. The van der Waals surface area contributed by atoms with E-state index < -0.39 is 0 Å². The van der Waals surface area contributed by atoms with Gasteiger partial charge in [0, 0.05) is 36.9 Å². The summed E-state index contributed by atoms with van der Waals surface area (Å²) in [5.41, 5.74) is 16.0. The summed E-state index contributed by atoms with van der Waals surface area (Å²) in [5, 5.41) is 7.79. The number of likely N-dealkylation sites (tertiary alicyclic amines) is 1. The Kier molecular flexibility index (Phi) is 5.89. The fraction of sp³-hybridized carbons (Fsp3) is 0.455. The summed E-state index contributed by atoms with van der Waals surface area (Å²) >= 11 is 0. The van der Waals surface area contributed by atoms with Gasteiger partial charge in [0.15, 0.2) is 0 Å². The number of hydrogen-bond donors (Lipinski definition) is 2. The van der Waals surface area contributed by atoms with Gasteiger partial charge in [-0.25, -0.2) is 0 Å². The standard InChI is InChI=1S/C22H32N6/c1-16-7-9-18(10-8-16)28-14-17(20(15-28)22(2,3)4)13-27-11-5-6-19(27)12-25-26-21(23)24/h7-10,12,14-15,19H,5-6,11,13H2,1-4H3,(H4,23,24,26)/b25-12+. The van der Waals surface area contributed by atoms with Crippen LogP contribution in [0.3, 0.4) is 0 Å². The fourth-order valence-electron chi connectivity index (χ4n) is 3.78. The van der Waals surface area contributed by atoms with Gasteiger partial charge in [0.25, 0.3) is 0 Å². The van der Waals surface area contributed by atoms with Gasteiger partial charge in [0.2, 0.25) is 5.96 Å². The molecule has 6 nitrogen and oxygen atoms in total. The maximum Gasteiger partial charge on any atom is 0.211 e. The highest BCUT2D eigenvalue weighted by Gasteiger charge is 2.27. The third kappa shape index (κ3) is 4.81. The van der Waals surface area contributed by atoms with E-state index in [2.05, 4.69) is 84.0 Å². The molecular weight excluding hydrogens is 348 g/mol. The van der Waals surface area contributed by atoms with Crippen LogP contribution >= 0.6 is 0 Å². The molecule has 0 saturated carbocycles. The van der Waals surface area contributed by atoms with Gasteiger partial charge in [-0.2, -0.15) is 5.10 Å². The third-order valence-corrected chi connectivity index (χ3v) is 5.25. The van der Waals surface area contributed by atoms with Crippen molar-refractivity contribution in [1.29, 1.82) is 0 Å². The molecule has 6 heteroatoms. The topological polar surface area (TPSA) is 84.9 Å². The smallest absolute Gasteiger partial charge is 0.211 e. The first-order chi connectivity index (χ1) is 13.2. The molecule has 1 saturated heterocycles. The van der Waals surface area contributed by atoms with Crippen LogP contribution < -0.4 is 11.5 Å². The highest BCUT2D eigenvalue weighted by molar-refractivity contribution is 5.76. The average molecular weight is 381 g/mol. The number of rotatable bonds is 5. The van der Waals surface area contributed by atoms with E-state index in [1.807, 2.05) is 6.21 Å². The number of guanidine groups is 1. The van der Waals surface area contributed by atoms with Crippen LogP contribution in [0.4, 0.5) is 0 Å². The first-order valence-electron chi connectivity index (χ1n) is 9.88. The molecule has 0 radical (unpaired) electrons. The quantitative estimate of drug-likeness (QED) is 0.474. The molecule has 1 aliphatic heterocycles. The molecule has 3 rings (SSSR count). The zero-order valence-corrected chi connectivity index (χ0v) is 17.4. The van der Waals surface area contributed by atoms with Crippen LogP contribution in [0.15, 0.2) is 46.9 Å². The Bertz CT molecular complexity index is 850. The second-order valence-corrected chi connectivity index (χ2v) is 8.66. The van der Waals surface area contributed by atoms with Gasteiger partial charge in [0.1, 0.15) is 0 Å². The molecule has 0 aliphatic carbocycles. The Morgan fingerprint density at radius 3 is 2.54 bits per heavy atom. The van der Waals surface area contributed by atoms with Crippen molar-refractivity contribution >= 4 is 12.2 Å². The summed E-state index contributed by atoms with van der Waals surface area (Å²) in [6, 6.07) is 8.92. The molecule has 150 valence electrons. The minimum absolute atomic E-state index is 0.00834. The van der Waals surface area contributed by atoms with E-state index in [4.69, 9.17) is 11.5 Å². The zero-order chi connectivity index (χ0) is 20.3. The maximum absolute atomic E-state index is 5.37. The van der Waals surface area contributed by atoms with Crippen molar-refractivity contribution < 1.29 is 0 Å². The first kappa shape index (κ1) is 20.1. The maximum atomic E-state index is 5.37. The molecule has 1 aliphatic rings. The molecule has 1 unspecified atom stereocenters. The molecule has 2 aromatic rings. The number of aryl methyl sites for hydroxylation is 1. The van der Waals surface area contributed by atoms with Crippen molar-refractivity contribution in [2.24, 2.45) is 21.7 Å². The summed E-state index contributed by atoms with van der Waals surface area (Å²) in [6.07, 6.45) is 8.64. The Morgan fingerprint density at radius 2 is 1.89 bits per heavy atom. The monoisotopic (exact) mass is 380 g/mol. The van der Waals surface area contributed by atoms with Gasteiger partial charge >= 0.3 is 0 Å². The van der Waals surface area contributed by atoms with Gasteiger partial charge in [-0.3, -0.25) is 4.90 Å². The Labute approximate surface area is 167 Å². The second-order valence-electron chi connectivity index (χ2n) is 8.66. The summed E-state index contributed by atoms with van der Waals surface area (Å²) in [7, 11) is 0. The normalized spacial score (nSPS) is 18.1. The lowest BCUT2D eigenvalue weighted by molar-refractivity contribution is 0.295. The highest BCUT2D eigenvalue weighted by Crippen LogP contribution is 2.31. The van der Waals surface area contributed by atoms with Crippen molar-refractivity contribution in [3.63, 3.8) is 0 Å². The minimum Gasteiger partial charge on any atom is -0.369 e. The molecular formula is C22H32N6. The van der Waals surface area contributed by atoms with Gasteiger partial charge in [-0.05, 0) is 55.0 Å². The van der Waals surface area contributed by atoms with E-state index in [0.717, 1.165) is 25.9 Å². The van der Waals surface area contributed by atoms with E-state index in [9.17, 15) is 0 Å². The number of benzene rings is 1. The number of aromatic nitrogens is 1. The molecule has 28 heavy (non-hydrogen) atoms. The zero-order valence-electron chi connectivity index (χ0n) is 17.4. The molecule has 4 N–H and O–H groups in total. The number of hydrogen-bond acceptors (Lipinski definition) is 3. The van der Waals surface area contributed by atoms with Crippen LogP contribution in [0.5, 0.6) is 0 Å². The van der Waals surface area contributed by atoms with Crippen molar-refractivity contribution in [2.75, 3.05) is 6.54 Å². The summed E-state index contributed by atoms with van der Waals surface area (Å²) in [4.78, 5) is 2.45. The van der Waals surface area contributed by atoms with Crippen LogP contribution in [-0.2, 0) is 12.0 Å². The van der Waals surface area contributed by atoms with E-state index in [-0.39, 0.29) is 17.4 Å². The minimum atomic E-state index is -0.00834. The van der Waals surface area contributed by atoms with E-state index in [0.29, 0.717) is 0 Å². The lowest BCUT2D eigenvalue weighted by Crippen LogP contribution is -2.31. The molecule has 1 aromatic carbocycles. The molecule has 0 spiro atoms. The van der Waals surface area contributed by atoms with E-state index >= 15 is 0 Å². The van der Waals surface area contributed by atoms with Crippen LogP contribution in [-0.4, -0.2) is 34.2 Å². The van der Waals surface area contributed by atoms with E-state index in [1.165, 1.54) is 22.4 Å². The molecule has 1 atom stereocenters. The predicted molar refractivity (Wildman–Crippen MR) is 117 cm³/mol. The largest absolute Gasteiger partial charge is 0.369 e. The molecule has 2 heterocycles. The Balaban J connectivity index is 1.87. The third-order valence-electron chi connectivity index (χ3n) is 5.25. The highest BCUT2D eigenvalue weighted by atomic mass is 15.3. The van der Waals surface area contributed by atoms with E-state index in [1.54, 1.807) is 0 Å². The van der Waals surface area contributed by atoms with Crippen LogP contribution in [0.1, 0.15) is 50.3 Å². The lowest BCUT2D eigenvalue weighted by atomic mass is 9.86. The fourth-order valence-corrected chi connectivity index (χ4v) is 3.78. The van der Waals surface area contributed by atoms with Gasteiger partial charge in [-0.1, -0.05) is 38.5 Å². The summed E-state index contributed by atoms with van der Waals surface area (Å²) < 4.78 is 2.24. The summed E-state index contributed by atoms with van der Waals surface area (Å²) in [6.45, 7) is 10.9. The van der Waals surface area contributed by atoms with Crippen LogP contribution in [0.2, 0.25) is 0 Å². The van der Waals surface area contributed by atoms with Crippen molar-refractivity contribution in [2.45, 2.75) is 58.5 Å². The number of nitrogens with two attached hydrogens (primary N) is 2. The molecule has 1 fully saturated rings. The predicted octanol–water partition coefficient (Wildman–Crippen LogP) is 3.31. The van der Waals surface area contributed by atoms with Gasteiger partial charge < -0.3 is 16.0 Å². The van der Waals surface area contributed by atoms with Gasteiger partial charge in [-0.15, -0.1) is 5.10 Å². The first-order valence-corrected chi connectivity index (χ1v) is 9.88. The van der Waals surface area contributed by atoms with Crippen LogP contribution in [0.25, 0.3) is 5.69 Å². The van der Waals surface area contributed by atoms with Gasteiger partial charge in [0.05, 0.1) is 0 Å². The van der Waals surface area contributed by atoms with Crippen molar-refractivity contribution in [1.82, 2.24) is 9.47 Å².